The molecule has 0 aliphatic heterocycles. The number of carbonyl (C=O) groups excluding carboxylic acids is 2. The summed E-state index contributed by atoms with van der Waals surface area (Å²) in [5.41, 5.74) is 0. The smallest absolute Gasteiger partial charge is 0.548 e. The molecule has 0 saturated carbocycles. The summed E-state index contributed by atoms with van der Waals surface area (Å²) in [6, 6.07) is -0.834. The van der Waals surface area contributed by atoms with Crippen LogP contribution in [0.15, 0.2) is 0 Å². The number of unbranched alkanes of at least 4 members (excludes halogenated alkanes) is 14. The van der Waals surface area contributed by atoms with Gasteiger partial charge in [0.05, 0.1) is 12.0 Å². The fourth-order valence-corrected chi connectivity index (χ4v) is 3.46. The minimum atomic E-state index is -1.18. The minimum Gasteiger partial charge on any atom is -0.548 e. The van der Waals surface area contributed by atoms with E-state index in [1.165, 1.54) is 83.5 Å². The molecule has 0 bridgehead atoms. The number of nitrogens with one attached hydrogen (secondary N) is 1. The van der Waals surface area contributed by atoms with Crippen molar-refractivity contribution < 1.29 is 44.3 Å². The molecule has 0 aliphatic rings. The molecule has 0 radical (unpaired) electrons. The number of amides is 1. The summed E-state index contributed by atoms with van der Waals surface area (Å²) in [4.78, 5) is 22.7. The Morgan fingerprint density at radius 1 is 0.679 bits per heavy atom. The van der Waals surface area contributed by atoms with Crippen molar-refractivity contribution in [1.29, 1.82) is 0 Å². The van der Waals surface area contributed by atoms with Crippen molar-refractivity contribution in [3.8, 4) is 0 Å². The van der Waals surface area contributed by atoms with Gasteiger partial charge in [0, 0.05) is 6.42 Å². The Kier molecular flexibility index (Phi) is 25.0. The molecule has 1 amide bonds. The molecule has 0 rings (SSSR count). The first-order valence-corrected chi connectivity index (χ1v) is 11.6. The molecule has 1 atom stereocenters. The Hall–Kier alpha value is -0.0600. The van der Waals surface area contributed by atoms with Crippen molar-refractivity contribution in [2.24, 2.45) is 0 Å². The fourth-order valence-electron chi connectivity index (χ4n) is 3.46. The van der Waals surface area contributed by atoms with Gasteiger partial charge in [0.25, 0.3) is 0 Å². The van der Waals surface area contributed by atoms with Gasteiger partial charge in [-0.15, -0.1) is 0 Å². The molecular weight excluding hydrogens is 361 g/mol. The van der Waals surface area contributed by atoms with Crippen LogP contribution in [0.2, 0.25) is 0 Å². The molecule has 0 aliphatic carbocycles. The average Bonchev–Trinajstić information content (AvgIpc) is 2.64. The average molecular weight is 406 g/mol. The second kappa shape index (κ2) is 23.2. The summed E-state index contributed by atoms with van der Waals surface area (Å²) in [6.07, 6.45) is 21.0. The maximum Gasteiger partial charge on any atom is 1.00 e. The van der Waals surface area contributed by atoms with Crippen LogP contribution in [0, 0.1) is 0 Å². The zero-order valence-electron chi connectivity index (χ0n) is 19.0. The second-order valence-electron chi connectivity index (χ2n) is 7.93. The Labute approximate surface area is 196 Å². The van der Waals surface area contributed by atoms with E-state index < -0.39 is 12.0 Å². The van der Waals surface area contributed by atoms with Gasteiger partial charge in [-0.3, -0.25) is 4.79 Å². The topological polar surface area (TPSA) is 69.2 Å². The van der Waals surface area contributed by atoms with Crippen molar-refractivity contribution in [1.82, 2.24) is 5.32 Å². The number of hydrogen-bond acceptors (Lipinski definition) is 3. The van der Waals surface area contributed by atoms with E-state index in [0.29, 0.717) is 12.8 Å². The monoisotopic (exact) mass is 405 g/mol. The van der Waals surface area contributed by atoms with Crippen LogP contribution in [-0.4, -0.2) is 17.9 Å². The Morgan fingerprint density at radius 2 is 1.07 bits per heavy atom. The normalized spacial score (nSPS) is 11.6. The Balaban J connectivity index is 0. The van der Waals surface area contributed by atoms with Crippen LogP contribution < -0.4 is 40.0 Å². The number of rotatable bonds is 20. The van der Waals surface area contributed by atoms with Gasteiger partial charge in [-0.2, -0.15) is 0 Å². The quantitative estimate of drug-likeness (QED) is 0.250. The van der Waals surface area contributed by atoms with Crippen LogP contribution >= 0.6 is 0 Å². The third-order valence-electron chi connectivity index (χ3n) is 5.20. The molecular formula is C23H44NNaO3. The molecule has 0 spiro atoms. The van der Waals surface area contributed by atoms with Crippen molar-refractivity contribution >= 4 is 11.9 Å². The number of carboxylic acid groups (broad SMARTS) is 1. The van der Waals surface area contributed by atoms with E-state index in [4.69, 9.17) is 0 Å². The van der Waals surface area contributed by atoms with Crippen molar-refractivity contribution in [2.45, 2.75) is 135 Å². The number of aliphatic carboxylic acids is 1. The molecule has 0 aromatic rings. The van der Waals surface area contributed by atoms with Gasteiger partial charge in [-0.1, -0.05) is 110 Å². The van der Waals surface area contributed by atoms with Gasteiger partial charge in [-0.25, -0.2) is 0 Å². The van der Waals surface area contributed by atoms with E-state index in [9.17, 15) is 14.7 Å². The fraction of sp³-hybridized carbons (Fsp3) is 0.913. The Morgan fingerprint density at radius 3 is 1.43 bits per heavy atom. The summed E-state index contributed by atoms with van der Waals surface area (Å²) in [5, 5.41) is 13.5. The summed E-state index contributed by atoms with van der Waals surface area (Å²) in [7, 11) is 0. The van der Waals surface area contributed by atoms with Gasteiger partial charge < -0.3 is 15.2 Å². The summed E-state index contributed by atoms with van der Waals surface area (Å²) < 4.78 is 0. The Bertz CT molecular complexity index is 364. The molecule has 5 heteroatoms. The molecule has 0 fully saturated rings. The molecule has 0 aromatic carbocycles. The van der Waals surface area contributed by atoms with E-state index in [1.807, 2.05) is 6.92 Å². The molecule has 4 nitrogen and oxygen atoms in total. The second-order valence-corrected chi connectivity index (χ2v) is 7.93. The first-order valence-electron chi connectivity index (χ1n) is 11.6. The van der Waals surface area contributed by atoms with Gasteiger partial charge in [0.1, 0.15) is 0 Å². The standard InChI is InChI=1S/C23H45NO3.Na/c1-3-5-6-7-8-9-10-11-12-13-14-15-16-17-18-20-22(25)24-21(19-4-2)23(26)27;/h21H,3-20H2,1-2H3,(H,24,25)(H,26,27);/q;+1/p-1. The third-order valence-corrected chi connectivity index (χ3v) is 5.20. The van der Waals surface area contributed by atoms with Gasteiger partial charge in [0.2, 0.25) is 5.91 Å². The SMILES string of the molecule is CCCCCCCCCCCCCCCCCC(=O)NC(CCC)C(=O)[O-].[Na+]. The molecule has 0 aromatic heterocycles. The van der Waals surface area contributed by atoms with E-state index in [1.54, 1.807) is 0 Å². The largest absolute Gasteiger partial charge is 1.00 e. The number of carboxylic acids is 1. The predicted octanol–water partition coefficient (Wildman–Crippen LogP) is 2.29. The van der Waals surface area contributed by atoms with Crippen LogP contribution in [0.5, 0.6) is 0 Å². The van der Waals surface area contributed by atoms with E-state index in [-0.39, 0.29) is 35.5 Å². The third kappa shape index (κ3) is 20.7. The van der Waals surface area contributed by atoms with Crippen molar-refractivity contribution in [3.63, 3.8) is 0 Å². The van der Waals surface area contributed by atoms with Gasteiger partial charge in [-0.05, 0) is 12.8 Å². The minimum absolute atomic E-state index is 0. The van der Waals surface area contributed by atoms with Crippen LogP contribution in [0.4, 0.5) is 0 Å². The van der Waals surface area contributed by atoms with E-state index >= 15 is 0 Å². The van der Waals surface area contributed by atoms with Crippen LogP contribution in [0.3, 0.4) is 0 Å². The molecule has 1 N–H and O–H groups in total. The number of hydrogen-bond donors (Lipinski definition) is 1. The maximum absolute atomic E-state index is 11.8. The summed E-state index contributed by atoms with van der Waals surface area (Å²) >= 11 is 0. The maximum atomic E-state index is 11.8. The molecule has 0 heterocycles. The predicted molar refractivity (Wildman–Crippen MR) is 111 cm³/mol. The first kappa shape index (κ1) is 30.1. The van der Waals surface area contributed by atoms with E-state index in [2.05, 4.69) is 12.2 Å². The molecule has 0 saturated heterocycles. The van der Waals surface area contributed by atoms with Crippen molar-refractivity contribution in [2.75, 3.05) is 0 Å². The van der Waals surface area contributed by atoms with Gasteiger partial charge >= 0.3 is 29.6 Å². The van der Waals surface area contributed by atoms with Crippen LogP contribution in [-0.2, 0) is 9.59 Å². The zero-order chi connectivity index (χ0) is 20.2. The van der Waals surface area contributed by atoms with E-state index in [0.717, 1.165) is 19.3 Å². The van der Waals surface area contributed by atoms with Crippen molar-refractivity contribution in [3.05, 3.63) is 0 Å². The molecule has 28 heavy (non-hydrogen) atoms. The molecule has 160 valence electrons. The van der Waals surface area contributed by atoms with Crippen LogP contribution in [0.1, 0.15) is 129 Å². The first-order chi connectivity index (χ1) is 13.1. The summed E-state index contributed by atoms with van der Waals surface area (Å²) in [5.74, 6) is -1.34. The molecule has 1 unspecified atom stereocenters. The van der Waals surface area contributed by atoms with Crippen LogP contribution in [0.25, 0.3) is 0 Å². The van der Waals surface area contributed by atoms with Gasteiger partial charge in [0.15, 0.2) is 0 Å². The number of carbonyl (C=O) groups is 2. The zero-order valence-corrected chi connectivity index (χ0v) is 21.0. The summed E-state index contributed by atoms with van der Waals surface area (Å²) in [6.45, 7) is 4.16.